The number of hydrogen-bond donors (Lipinski definition) is 0. The van der Waals surface area contributed by atoms with Gasteiger partial charge >= 0.3 is 0 Å². The van der Waals surface area contributed by atoms with Crippen molar-refractivity contribution in [3.8, 4) is 6.07 Å². The number of hydrogen-bond acceptors (Lipinski definition) is 2. The fraction of sp³-hybridized carbons (Fsp3) is 0.263. The lowest BCUT2D eigenvalue weighted by Gasteiger charge is -2.27. The van der Waals surface area contributed by atoms with Gasteiger partial charge in [-0.2, -0.15) is 5.26 Å². The third-order valence-electron chi connectivity index (χ3n) is 3.60. The molecule has 112 valence electrons. The Hall–Kier alpha value is -2.60. The van der Waals surface area contributed by atoms with E-state index in [9.17, 15) is 4.79 Å². The molecule has 3 heteroatoms. The Morgan fingerprint density at radius 3 is 2.36 bits per heavy atom. The van der Waals surface area contributed by atoms with Crippen LogP contribution in [0.15, 0.2) is 54.6 Å². The molecule has 1 amide bonds. The van der Waals surface area contributed by atoms with E-state index in [1.165, 1.54) is 0 Å². The van der Waals surface area contributed by atoms with E-state index >= 15 is 0 Å². The number of rotatable bonds is 5. The van der Waals surface area contributed by atoms with E-state index in [1.807, 2.05) is 67.3 Å². The highest BCUT2D eigenvalue weighted by atomic mass is 16.2. The van der Waals surface area contributed by atoms with Crippen LogP contribution in [0.2, 0.25) is 0 Å². The summed E-state index contributed by atoms with van der Waals surface area (Å²) in [6.07, 6.45) is 0.249. The van der Waals surface area contributed by atoms with Crippen molar-refractivity contribution < 1.29 is 4.79 Å². The Labute approximate surface area is 131 Å². The minimum atomic E-state index is -0.0234. The summed E-state index contributed by atoms with van der Waals surface area (Å²) in [6, 6.07) is 19.5. The number of nitriles is 1. The zero-order valence-corrected chi connectivity index (χ0v) is 13.0. The number of nitrogens with zero attached hydrogens (tertiary/aromatic N) is 2. The van der Waals surface area contributed by atoms with Gasteiger partial charge in [-0.1, -0.05) is 48.5 Å². The second-order valence-corrected chi connectivity index (χ2v) is 5.50. The number of carbonyl (C=O) groups is 1. The predicted octanol–water partition coefficient (Wildman–Crippen LogP) is 3.80. The molecular weight excluding hydrogens is 272 g/mol. The maximum absolute atomic E-state index is 12.9. The molecule has 0 saturated heterocycles. The molecule has 2 rings (SSSR count). The maximum atomic E-state index is 12.9. The Morgan fingerprint density at radius 1 is 1.09 bits per heavy atom. The molecule has 22 heavy (non-hydrogen) atoms. The van der Waals surface area contributed by atoms with Crippen LogP contribution in [0.4, 0.5) is 0 Å². The molecule has 0 aliphatic carbocycles. The molecule has 2 aromatic carbocycles. The highest BCUT2D eigenvalue weighted by Gasteiger charge is 2.21. The van der Waals surface area contributed by atoms with Crippen LogP contribution in [0.3, 0.4) is 0 Å². The first-order chi connectivity index (χ1) is 10.6. The first kappa shape index (κ1) is 15.8. The molecule has 0 spiro atoms. The molecule has 3 nitrogen and oxygen atoms in total. The summed E-state index contributed by atoms with van der Waals surface area (Å²) in [5, 5.41) is 8.93. The van der Waals surface area contributed by atoms with Crippen molar-refractivity contribution in [1.82, 2.24) is 4.90 Å². The van der Waals surface area contributed by atoms with Gasteiger partial charge in [0, 0.05) is 18.2 Å². The van der Waals surface area contributed by atoms with Crippen LogP contribution in [0, 0.1) is 11.3 Å². The lowest BCUT2D eigenvalue weighted by Crippen LogP contribution is -2.36. The Balaban J connectivity index is 2.29. The van der Waals surface area contributed by atoms with Crippen LogP contribution in [-0.4, -0.2) is 16.8 Å². The van der Waals surface area contributed by atoms with E-state index in [0.29, 0.717) is 12.1 Å². The number of amides is 1. The molecular formula is C19H20N2O. The summed E-state index contributed by atoms with van der Waals surface area (Å²) < 4.78 is 0. The van der Waals surface area contributed by atoms with Gasteiger partial charge in [0.25, 0.3) is 5.91 Å². The van der Waals surface area contributed by atoms with Crippen molar-refractivity contribution in [3.05, 3.63) is 71.3 Å². The second-order valence-electron chi connectivity index (χ2n) is 5.50. The Bertz CT molecular complexity index is 671. The van der Waals surface area contributed by atoms with E-state index in [-0.39, 0.29) is 18.4 Å². The number of carbonyl (C=O) groups excluding carboxylic acids is 1. The summed E-state index contributed by atoms with van der Waals surface area (Å²) in [7, 11) is 0. The molecule has 0 bridgehead atoms. The average Bonchev–Trinajstić information content (AvgIpc) is 2.53. The minimum Gasteiger partial charge on any atom is -0.332 e. The molecule has 0 radical (unpaired) electrons. The van der Waals surface area contributed by atoms with Crippen LogP contribution < -0.4 is 0 Å². The molecule has 0 aliphatic rings. The Morgan fingerprint density at radius 2 is 1.73 bits per heavy atom. The lowest BCUT2D eigenvalue weighted by atomic mass is 10.0. The van der Waals surface area contributed by atoms with Gasteiger partial charge in [-0.15, -0.1) is 0 Å². The molecule has 0 unspecified atom stereocenters. The molecule has 0 saturated carbocycles. The van der Waals surface area contributed by atoms with Gasteiger partial charge in [0.2, 0.25) is 0 Å². The molecule has 0 fully saturated rings. The summed E-state index contributed by atoms with van der Waals surface area (Å²) in [6.45, 7) is 4.58. The third-order valence-corrected chi connectivity index (χ3v) is 3.60. The third kappa shape index (κ3) is 3.73. The van der Waals surface area contributed by atoms with Gasteiger partial charge in [0.1, 0.15) is 0 Å². The van der Waals surface area contributed by atoms with Crippen molar-refractivity contribution >= 4 is 5.91 Å². The van der Waals surface area contributed by atoms with Gasteiger partial charge in [-0.05, 0) is 31.0 Å². The maximum Gasteiger partial charge on any atom is 0.254 e. The van der Waals surface area contributed by atoms with Gasteiger partial charge in [0.15, 0.2) is 0 Å². The normalized spacial score (nSPS) is 10.3. The standard InChI is InChI=1S/C19H20N2O/c1-15(2)21(14-16-8-4-3-5-9-16)19(22)18-11-7-6-10-17(18)12-13-20/h3-11,15H,12,14H2,1-2H3. The molecule has 0 heterocycles. The predicted molar refractivity (Wildman–Crippen MR) is 87.2 cm³/mol. The van der Waals surface area contributed by atoms with Gasteiger partial charge in [0.05, 0.1) is 12.5 Å². The first-order valence-electron chi connectivity index (χ1n) is 7.43. The first-order valence-corrected chi connectivity index (χ1v) is 7.43. The smallest absolute Gasteiger partial charge is 0.254 e. The lowest BCUT2D eigenvalue weighted by molar-refractivity contribution is 0.0689. The van der Waals surface area contributed by atoms with E-state index in [2.05, 4.69) is 6.07 Å². The summed E-state index contributed by atoms with van der Waals surface area (Å²) >= 11 is 0. The van der Waals surface area contributed by atoms with E-state index in [0.717, 1.165) is 11.1 Å². The molecule has 0 aromatic heterocycles. The van der Waals surface area contributed by atoms with Crippen LogP contribution >= 0.6 is 0 Å². The Kier molecular flexibility index (Phi) is 5.32. The topological polar surface area (TPSA) is 44.1 Å². The zero-order valence-electron chi connectivity index (χ0n) is 13.0. The summed E-state index contributed by atoms with van der Waals surface area (Å²) in [5.41, 5.74) is 2.50. The van der Waals surface area contributed by atoms with Crippen molar-refractivity contribution in [3.63, 3.8) is 0 Å². The molecule has 0 N–H and O–H groups in total. The van der Waals surface area contributed by atoms with Crippen LogP contribution in [0.5, 0.6) is 0 Å². The van der Waals surface area contributed by atoms with Gasteiger partial charge < -0.3 is 4.90 Å². The SMILES string of the molecule is CC(C)N(Cc1ccccc1)C(=O)c1ccccc1CC#N. The highest BCUT2D eigenvalue weighted by Crippen LogP contribution is 2.17. The summed E-state index contributed by atoms with van der Waals surface area (Å²) in [5.74, 6) is -0.0234. The zero-order chi connectivity index (χ0) is 15.9. The van der Waals surface area contributed by atoms with Crippen LogP contribution in [-0.2, 0) is 13.0 Å². The fourth-order valence-electron chi connectivity index (χ4n) is 2.39. The van der Waals surface area contributed by atoms with Crippen LogP contribution in [0.1, 0.15) is 35.3 Å². The second kappa shape index (κ2) is 7.42. The van der Waals surface area contributed by atoms with Crippen molar-refractivity contribution in [2.45, 2.75) is 32.9 Å². The van der Waals surface area contributed by atoms with E-state index in [4.69, 9.17) is 5.26 Å². The fourth-order valence-corrected chi connectivity index (χ4v) is 2.39. The van der Waals surface area contributed by atoms with Crippen molar-refractivity contribution in [1.29, 1.82) is 5.26 Å². The minimum absolute atomic E-state index is 0.0234. The molecule has 0 aliphatic heterocycles. The highest BCUT2D eigenvalue weighted by molar-refractivity contribution is 5.96. The van der Waals surface area contributed by atoms with Crippen LogP contribution in [0.25, 0.3) is 0 Å². The average molecular weight is 292 g/mol. The van der Waals surface area contributed by atoms with Crippen molar-refractivity contribution in [2.24, 2.45) is 0 Å². The van der Waals surface area contributed by atoms with Crippen molar-refractivity contribution in [2.75, 3.05) is 0 Å². The largest absolute Gasteiger partial charge is 0.332 e. The molecule has 0 atom stereocenters. The molecule has 2 aromatic rings. The van der Waals surface area contributed by atoms with Gasteiger partial charge in [-0.25, -0.2) is 0 Å². The quantitative estimate of drug-likeness (QED) is 0.841. The van der Waals surface area contributed by atoms with Gasteiger partial charge in [-0.3, -0.25) is 4.79 Å². The monoisotopic (exact) mass is 292 g/mol. The summed E-state index contributed by atoms with van der Waals surface area (Å²) in [4.78, 5) is 14.7. The van der Waals surface area contributed by atoms with E-state index < -0.39 is 0 Å². The number of benzene rings is 2. The van der Waals surface area contributed by atoms with E-state index in [1.54, 1.807) is 6.07 Å².